The molecule has 0 saturated carbocycles. The standard InChI is InChI=1S/C25H20F2N4O3/c26-25(27)34-19-9-7-18(8-10-19)30-20-14-31(13-16-6-11-22(28)29-12-16)24(21(33)15-32)23(20)17-4-2-1-3-5-17/h1-12,14-15,25,30H,13H2,(H2,28,29). The van der Waals surface area contributed by atoms with Gasteiger partial charge in [-0.3, -0.25) is 9.59 Å². The molecule has 0 amide bonds. The SMILES string of the molecule is Nc1ccc(Cn2cc(Nc3ccc(OC(F)F)cc3)c(-c3ccccc3)c2C(=O)C=O)cn1. The molecule has 0 fully saturated rings. The van der Waals surface area contributed by atoms with Gasteiger partial charge in [-0.1, -0.05) is 36.4 Å². The molecule has 0 spiro atoms. The van der Waals surface area contributed by atoms with Gasteiger partial charge in [-0.2, -0.15) is 8.78 Å². The fourth-order valence-corrected chi connectivity index (χ4v) is 3.59. The second-order valence-corrected chi connectivity index (χ2v) is 7.36. The van der Waals surface area contributed by atoms with Gasteiger partial charge in [0.05, 0.1) is 5.69 Å². The summed E-state index contributed by atoms with van der Waals surface area (Å²) in [6, 6.07) is 18.6. The van der Waals surface area contributed by atoms with Crippen molar-refractivity contribution in [2.45, 2.75) is 13.2 Å². The Labute approximate surface area is 193 Å². The first-order valence-corrected chi connectivity index (χ1v) is 10.2. The van der Waals surface area contributed by atoms with Gasteiger partial charge < -0.3 is 20.4 Å². The molecule has 4 aromatic rings. The lowest BCUT2D eigenvalue weighted by atomic mass is 10.0. The van der Waals surface area contributed by atoms with E-state index in [1.807, 2.05) is 30.3 Å². The number of carbonyl (C=O) groups excluding carboxylic acids is 2. The number of alkyl halides is 2. The number of aromatic nitrogens is 2. The number of halogens is 2. The smallest absolute Gasteiger partial charge is 0.387 e. The molecule has 2 heterocycles. The second-order valence-electron chi connectivity index (χ2n) is 7.36. The Kier molecular flexibility index (Phi) is 6.63. The molecule has 2 aromatic heterocycles. The largest absolute Gasteiger partial charge is 0.435 e. The number of carbonyl (C=O) groups is 2. The third kappa shape index (κ3) is 5.09. The highest BCUT2D eigenvalue weighted by molar-refractivity contribution is 6.35. The van der Waals surface area contributed by atoms with Gasteiger partial charge in [-0.15, -0.1) is 0 Å². The molecule has 0 radical (unpaired) electrons. The maximum absolute atomic E-state index is 12.7. The molecule has 2 aromatic carbocycles. The molecule has 4 rings (SSSR count). The van der Waals surface area contributed by atoms with E-state index in [1.54, 1.807) is 41.2 Å². The molecule has 0 unspecified atom stereocenters. The van der Waals surface area contributed by atoms with Gasteiger partial charge in [0.15, 0.2) is 6.29 Å². The molecule has 34 heavy (non-hydrogen) atoms. The van der Waals surface area contributed by atoms with Crippen LogP contribution in [0.3, 0.4) is 0 Å². The number of nitrogen functional groups attached to an aromatic ring is 1. The van der Waals surface area contributed by atoms with E-state index in [-0.39, 0.29) is 24.3 Å². The van der Waals surface area contributed by atoms with Crippen LogP contribution in [0.1, 0.15) is 16.1 Å². The summed E-state index contributed by atoms with van der Waals surface area (Å²) >= 11 is 0. The number of hydrogen-bond acceptors (Lipinski definition) is 6. The lowest BCUT2D eigenvalue weighted by molar-refractivity contribution is -0.104. The predicted molar refractivity (Wildman–Crippen MR) is 124 cm³/mol. The Hall–Kier alpha value is -4.53. The molecule has 0 bridgehead atoms. The maximum atomic E-state index is 12.7. The summed E-state index contributed by atoms with van der Waals surface area (Å²) in [7, 11) is 0. The van der Waals surface area contributed by atoms with Crippen LogP contribution in [0.15, 0.2) is 79.1 Å². The number of nitrogens with one attached hydrogen (secondary N) is 1. The van der Waals surface area contributed by atoms with Crippen LogP contribution in [0.4, 0.5) is 26.0 Å². The Morgan fingerprint density at radius 2 is 1.82 bits per heavy atom. The fraction of sp³-hybridized carbons (Fsp3) is 0.0800. The van der Waals surface area contributed by atoms with Crippen LogP contribution in [-0.2, 0) is 11.3 Å². The monoisotopic (exact) mass is 462 g/mol. The summed E-state index contributed by atoms with van der Waals surface area (Å²) in [6.07, 6.45) is 3.60. The average molecular weight is 462 g/mol. The highest BCUT2D eigenvalue weighted by atomic mass is 19.3. The third-order valence-corrected chi connectivity index (χ3v) is 5.04. The number of pyridine rings is 1. The predicted octanol–water partition coefficient (Wildman–Crippen LogP) is 4.91. The first-order chi connectivity index (χ1) is 16.4. The molecule has 7 nitrogen and oxygen atoms in total. The second kappa shape index (κ2) is 9.95. The van der Waals surface area contributed by atoms with Crippen molar-refractivity contribution in [2.75, 3.05) is 11.1 Å². The van der Waals surface area contributed by atoms with Gasteiger partial charge in [0, 0.05) is 30.2 Å². The van der Waals surface area contributed by atoms with Crippen molar-refractivity contribution in [2.24, 2.45) is 0 Å². The van der Waals surface area contributed by atoms with E-state index in [4.69, 9.17) is 5.73 Å². The van der Waals surface area contributed by atoms with Crippen LogP contribution < -0.4 is 15.8 Å². The summed E-state index contributed by atoms with van der Waals surface area (Å²) < 4.78 is 31.0. The summed E-state index contributed by atoms with van der Waals surface area (Å²) in [5.74, 6) is -0.294. The number of rotatable bonds is 9. The number of Topliss-reactive ketones (excluding diaryl/α,β-unsaturated/α-hetero) is 1. The molecule has 3 N–H and O–H groups in total. The Morgan fingerprint density at radius 1 is 1.09 bits per heavy atom. The average Bonchev–Trinajstić information content (AvgIpc) is 3.19. The van der Waals surface area contributed by atoms with Crippen molar-refractivity contribution in [1.82, 2.24) is 9.55 Å². The first-order valence-electron chi connectivity index (χ1n) is 10.2. The van der Waals surface area contributed by atoms with Crippen molar-refractivity contribution in [1.29, 1.82) is 0 Å². The number of hydrogen-bond donors (Lipinski definition) is 2. The number of anilines is 3. The van der Waals surface area contributed by atoms with Crippen LogP contribution >= 0.6 is 0 Å². The highest BCUT2D eigenvalue weighted by Crippen LogP contribution is 2.36. The van der Waals surface area contributed by atoms with Gasteiger partial charge >= 0.3 is 6.61 Å². The van der Waals surface area contributed by atoms with Gasteiger partial charge in [-0.05, 0) is 41.5 Å². The molecular formula is C25H20F2N4O3. The molecule has 0 aliphatic rings. The van der Waals surface area contributed by atoms with Crippen LogP contribution in [0, 0.1) is 0 Å². The molecule has 0 aliphatic heterocycles. The number of nitrogens with zero attached hydrogens (tertiary/aromatic N) is 2. The quantitative estimate of drug-likeness (QED) is 0.208. The summed E-state index contributed by atoms with van der Waals surface area (Å²) in [6.45, 7) is -2.65. The molecule has 0 aliphatic carbocycles. The van der Waals surface area contributed by atoms with Crippen molar-refractivity contribution in [3.63, 3.8) is 0 Å². The van der Waals surface area contributed by atoms with Crippen LogP contribution in [0.2, 0.25) is 0 Å². The van der Waals surface area contributed by atoms with Crippen molar-refractivity contribution in [3.05, 3.63) is 90.4 Å². The summed E-state index contributed by atoms with van der Waals surface area (Å²) in [5, 5.41) is 3.22. The topological polar surface area (TPSA) is 99.2 Å². The van der Waals surface area contributed by atoms with Crippen LogP contribution in [0.25, 0.3) is 11.1 Å². The lowest BCUT2D eigenvalue weighted by Gasteiger charge is -2.11. The summed E-state index contributed by atoms with van der Waals surface area (Å²) in [4.78, 5) is 28.4. The lowest BCUT2D eigenvalue weighted by Crippen LogP contribution is -2.11. The molecule has 172 valence electrons. The molecule has 0 atom stereocenters. The normalized spacial score (nSPS) is 10.8. The highest BCUT2D eigenvalue weighted by Gasteiger charge is 2.23. The first kappa shape index (κ1) is 22.7. The van der Waals surface area contributed by atoms with Gasteiger partial charge in [0.2, 0.25) is 5.78 Å². The van der Waals surface area contributed by atoms with E-state index in [0.717, 1.165) is 11.1 Å². The van der Waals surface area contributed by atoms with Gasteiger partial charge in [-0.25, -0.2) is 4.98 Å². The van der Waals surface area contributed by atoms with Crippen molar-refractivity contribution >= 4 is 29.3 Å². The Bertz CT molecular complexity index is 1290. The van der Waals surface area contributed by atoms with Gasteiger partial charge in [0.1, 0.15) is 17.3 Å². The molecule has 9 heteroatoms. The zero-order valence-electron chi connectivity index (χ0n) is 17.8. The minimum atomic E-state index is -2.92. The van der Waals surface area contributed by atoms with E-state index < -0.39 is 12.4 Å². The van der Waals surface area contributed by atoms with Crippen LogP contribution in [0.5, 0.6) is 5.75 Å². The van der Waals surface area contributed by atoms with Crippen molar-refractivity contribution in [3.8, 4) is 16.9 Å². The number of ether oxygens (including phenoxy) is 1. The molecular weight excluding hydrogens is 442 g/mol. The number of nitrogens with two attached hydrogens (primary N) is 1. The molecule has 0 saturated heterocycles. The Balaban J connectivity index is 1.79. The fourth-order valence-electron chi connectivity index (χ4n) is 3.59. The number of benzene rings is 2. The zero-order chi connectivity index (χ0) is 24.1. The number of ketones is 1. The maximum Gasteiger partial charge on any atom is 0.387 e. The van der Waals surface area contributed by atoms with E-state index in [1.165, 1.54) is 12.1 Å². The van der Waals surface area contributed by atoms with Gasteiger partial charge in [0.25, 0.3) is 0 Å². The van der Waals surface area contributed by atoms with E-state index >= 15 is 0 Å². The van der Waals surface area contributed by atoms with E-state index in [9.17, 15) is 18.4 Å². The minimum absolute atomic E-state index is 0.0223. The van der Waals surface area contributed by atoms with E-state index in [0.29, 0.717) is 22.8 Å². The number of aldehydes is 1. The summed E-state index contributed by atoms with van der Waals surface area (Å²) in [5.41, 5.74) is 9.05. The zero-order valence-corrected chi connectivity index (χ0v) is 17.8. The van der Waals surface area contributed by atoms with E-state index in [2.05, 4.69) is 15.0 Å². The third-order valence-electron chi connectivity index (χ3n) is 5.04. The minimum Gasteiger partial charge on any atom is -0.435 e. The Morgan fingerprint density at radius 3 is 2.44 bits per heavy atom. The van der Waals surface area contributed by atoms with Crippen LogP contribution in [-0.4, -0.2) is 28.2 Å². The van der Waals surface area contributed by atoms with Crippen molar-refractivity contribution < 1.29 is 23.1 Å².